The first-order chi connectivity index (χ1) is 20.5. The van der Waals surface area contributed by atoms with Crippen LogP contribution in [0, 0.1) is 0 Å². The van der Waals surface area contributed by atoms with Crippen LogP contribution in [0.15, 0.2) is 60.7 Å². The minimum atomic E-state index is -1.24. The van der Waals surface area contributed by atoms with Crippen LogP contribution < -0.4 is 19.5 Å². The van der Waals surface area contributed by atoms with Gasteiger partial charge in [-0.15, -0.1) is 0 Å². The highest BCUT2D eigenvalue weighted by Crippen LogP contribution is 2.44. The summed E-state index contributed by atoms with van der Waals surface area (Å²) >= 11 is 0.972. The van der Waals surface area contributed by atoms with Gasteiger partial charge in [0.1, 0.15) is 35.5 Å². The average Bonchev–Trinajstić information content (AvgIpc) is 3.30. The standard InChI is InChI=1S/C33H37NO8S/c1-33(2,3)42-31(36)27(17-30(35)43-19-26-28(39-5)15-20(38-4)16-29(26)40-6)34-32(37)41-18-25-23-13-9-7-11-21(23)22-12-8-10-14-24(22)25/h7-16,25,27H,17-19H2,1-6H3,(H,34,37)/t27-/m0/s1. The van der Waals surface area contributed by atoms with E-state index in [9.17, 15) is 14.4 Å². The van der Waals surface area contributed by atoms with Crippen molar-refractivity contribution in [3.05, 3.63) is 77.4 Å². The topological polar surface area (TPSA) is 109 Å². The van der Waals surface area contributed by atoms with Crippen molar-refractivity contribution in [3.63, 3.8) is 0 Å². The first kappa shape index (κ1) is 31.7. The fourth-order valence-electron chi connectivity index (χ4n) is 4.95. The van der Waals surface area contributed by atoms with E-state index in [4.69, 9.17) is 23.7 Å². The van der Waals surface area contributed by atoms with Crippen LogP contribution in [0.1, 0.15) is 49.8 Å². The van der Waals surface area contributed by atoms with Gasteiger partial charge in [0.2, 0.25) is 0 Å². The third-order valence-corrected chi connectivity index (χ3v) is 7.81. The Balaban J connectivity index is 1.43. The predicted octanol–water partition coefficient (Wildman–Crippen LogP) is 6.11. The van der Waals surface area contributed by atoms with Gasteiger partial charge >= 0.3 is 12.1 Å². The minimum absolute atomic E-state index is 0.0701. The molecule has 9 nitrogen and oxygen atoms in total. The molecular formula is C33H37NO8S. The first-order valence-corrected chi connectivity index (χ1v) is 14.8. The summed E-state index contributed by atoms with van der Waals surface area (Å²) in [5.74, 6) is 0.876. The molecule has 1 aliphatic carbocycles. The first-order valence-electron chi connectivity index (χ1n) is 13.8. The van der Waals surface area contributed by atoms with Crippen LogP contribution >= 0.6 is 11.8 Å². The molecular weight excluding hydrogens is 570 g/mol. The van der Waals surface area contributed by atoms with Gasteiger partial charge < -0.3 is 29.0 Å². The van der Waals surface area contributed by atoms with Gasteiger partial charge in [0.25, 0.3) is 0 Å². The SMILES string of the molecule is COc1cc(OC)c(CSC(=O)C[C@H](NC(=O)OCC2c3ccccc3-c3ccccc32)C(=O)OC(C)(C)C)c(OC)c1. The normalized spacial score (nSPS) is 12.9. The Bertz CT molecular complexity index is 1410. The van der Waals surface area contributed by atoms with Crippen molar-refractivity contribution in [2.75, 3.05) is 27.9 Å². The van der Waals surface area contributed by atoms with Crippen LogP contribution in [-0.2, 0) is 24.8 Å². The Kier molecular flexibility index (Phi) is 10.2. The second-order valence-corrected chi connectivity index (χ2v) is 12.0. The quantitative estimate of drug-likeness (QED) is 0.258. The number of esters is 1. The summed E-state index contributed by atoms with van der Waals surface area (Å²) < 4.78 is 27.4. The van der Waals surface area contributed by atoms with E-state index in [1.807, 2.05) is 48.5 Å². The molecule has 0 unspecified atom stereocenters. The molecule has 0 aliphatic heterocycles. The molecule has 0 saturated heterocycles. The van der Waals surface area contributed by atoms with Gasteiger partial charge in [-0.05, 0) is 43.0 Å². The highest BCUT2D eigenvalue weighted by molar-refractivity contribution is 8.12. The number of carbonyl (C=O) groups is 3. The van der Waals surface area contributed by atoms with Gasteiger partial charge in [-0.3, -0.25) is 4.79 Å². The molecule has 10 heteroatoms. The van der Waals surface area contributed by atoms with Gasteiger partial charge in [0, 0.05) is 35.8 Å². The molecule has 0 saturated carbocycles. The molecule has 43 heavy (non-hydrogen) atoms. The molecule has 0 heterocycles. The van der Waals surface area contributed by atoms with Gasteiger partial charge in [-0.2, -0.15) is 0 Å². The minimum Gasteiger partial charge on any atom is -0.496 e. The molecule has 228 valence electrons. The second-order valence-electron chi connectivity index (χ2n) is 10.9. The fraction of sp³-hybridized carbons (Fsp3) is 0.364. The molecule has 0 fully saturated rings. The fourth-order valence-corrected chi connectivity index (χ4v) is 5.82. The zero-order valence-electron chi connectivity index (χ0n) is 25.2. The van der Waals surface area contributed by atoms with Crippen molar-refractivity contribution in [1.29, 1.82) is 0 Å². The molecule has 0 aromatic heterocycles. The number of fused-ring (bicyclic) bond motifs is 3. The molecule has 1 N–H and O–H groups in total. The molecule has 0 radical (unpaired) electrons. The highest BCUT2D eigenvalue weighted by atomic mass is 32.2. The van der Waals surface area contributed by atoms with Gasteiger partial charge in [-0.25, -0.2) is 9.59 Å². The zero-order chi connectivity index (χ0) is 31.1. The van der Waals surface area contributed by atoms with E-state index in [1.54, 1.807) is 32.9 Å². The van der Waals surface area contributed by atoms with Crippen molar-refractivity contribution in [2.24, 2.45) is 0 Å². The Morgan fingerprint density at radius 2 is 1.42 bits per heavy atom. The number of alkyl carbamates (subject to hydrolysis) is 1. The summed E-state index contributed by atoms with van der Waals surface area (Å²) in [6.45, 7) is 5.22. The number of benzene rings is 3. The molecule has 1 aliphatic rings. The van der Waals surface area contributed by atoms with E-state index in [-0.39, 0.29) is 29.8 Å². The number of carbonyl (C=O) groups excluding carboxylic acids is 3. The summed E-state index contributed by atoms with van der Waals surface area (Å²) in [4.78, 5) is 39.1. The van der Waals surface area contributed by atoms with Crippen molar-refractivity contribution in [1.82, 2.24) is 5.32 Å². The van der Waals surface area contributed by atoms with Gasteiger partial charge in [0.05, 0.1) is 21.3 Å². The van der Waals surface area contributed by atoms with Gasteiger partial charge in [0.15, 0.2) is 5.12 Å². The number of hydrogen-bond acceptors (Lipinski definition) is 9. The number of hydrogen-bond donors (Lipinski definition) is 1. The molecule has 0 bridgehead atoms. The van der Waals surface area contributed by atoms with Gasteiger partial charge in [-0.1, -0.05) is 60.3 Å². The molecule has 0 spiro atoms. The van der Waals surface area contributed by atoms with Crippen LogP contribution in [0.4, 0.5) is 4.79 Å². The maximum absolute atomic E-state index is 13.1. The number of thioether (sulfide) groups is 1. The summed E-state index contributed by atoms with van der Waals surface area (Å²) in [5, 5.41) is 2.23. The third-order valence-electron chi connectivity index (χ3n) is 6.89. The largest absolute Gasteiger partial charge is 0.496 e. The van der Waals surface area contributed by atoms with Crippen molar-refractivity contribution < 1.29 is 38.1 Å². The van der Waals surface area contributed by atoms with E-state index >= 15 is 0 Å². The number of nitrogens with one attached hydrogen (secondary N) is 1. The second kappa shape index (κ2) is 13.9. The van der Waals surface area contributed by atoms with Crippen LogP contribution in [0.3, 0.4) is 0 Å². The van der Waals surface area contributed by atoms with Crippen LogP contribution in [-0.4, -0.2) is 56.8 Å². The van der Waals surface area contributed by atoms with Crippen molar-refractivity contribution in [2.45, 2.75) is 50.5 Å². The lowest BCUT2D eigenvalue weighted by molar-refractivity contribution is -0.158. The number of methoxy groups -OCH3 is 3. The zero-order valence-corrected chi connectivity index (χ0v) is 26.0. The molecule has 3 aromatic carbocycles. The van der Waals surface area contributed by atoms with Crippen molar-refractivity contribution >= 4 is 28.9 Å². The summed E-state index contributed by atoms with van der Waals surface area (Å²) in [7, 11) is 4.56. The summed E-state index contributed by atoms with van der Waals surface area (Å²) in [5.41, 5.74) is 4.17. The van der Waals surface area contributed by atoms with E-state index in [0.29, 0.717) is 22.8 Å². The summed E-state index contributed by atoms with van der Waals surface area (Å²) in [6, 6.07) is 18.2. The van der Waals surface area contributed by atoms with Crippen LogP contribution in [0.5, 0.6) is 17.2 Å². The highest BCUT2D eigenvalue weighted by Gasteiger charge is 2.32. The lowest BCUT2D eigenvalue weighted by Gasteiger charge is -2.24. The number of ether oxygens (including phenoxy) is 5. The van der Waals surface area contributed by atoms with E-state index in [0.717, 1.165) is 34.0 Å². The Morgan fingerprint density at radius 1 is 0.860 bits per heavy atom. The Morgan fingerprint density at radius 3 is 1.93 bits per heavy atom. The Hall–Kier alpha value is -4.18. The average molecular weight is 608 g/mol. The predicted molar refractivity (Wildman–Crippen MR) is 165 cm³/mol. The molecule has 4 rings (SSSR count). The molecule has 1 atom stereocenters. The lowest BCUT2D eigenvalue weighted by Crippen LogP contribution is -2.45. The summed E-state index contributed by atoms with van der Waals surface area (Å²) in [6.07, 6.45) is -1.11. The van der Waals surface area contributed by atoms with E-state index in [2.05, 4.69) is 5.32 Å². The maximum atomic E-state index is 13.1. The number of rotatable bonds is 11. The number of amides is 1. The van der Waals surface area contributed by atoms with Crippen LogP contribution in [0.2, 0.25) is 0 Å². The monoisotopic (exact) mass is 607 g/mol. The molecule has 3 aromatic rings. The maximum Gasteiger partial charge on any atom is 0.407 e. The van der Waals surface area contributed by atoms with Crippen molar-refractivity contribution in [3.8, 4) is 28.4 Å². The van der Waals surface area contributed by atoms with Crippen LogP contribution in [0.25, 0.3) is 11.1 Å². The third kappa shape index (κ3) is 7.81. The Labute approximate surface area is 256 Å². The lowest BCUT2D eigenvalue weighted by atomic mass is 9.98. The van der Waals surface area contributed by atoms with E-state index in [1.165, 1.54) is 21.3 Å². The van der Waals surface area contributed by atoms with E-state index < -0.39 is 23.7 Å². The smallest absolute Gasteiger partial charge is 0.407 e. The molecule has 1 amide bonds.